The molecule has 2 N–H and O–H groups in total. The van der Waals surface area contributed by atoms with Crippen molar-refractivity contribution in [3.63, 3.8) is 0 Å². The van der Waals surface area contributed by atoms with Crippen molar-refractivity contribution in [1.82, 2.24) is 10.2 Å². The van der Waals surface area contributed by atoms with E-state index in [0.717, 1.165) is 5.56 Å². The van der Waals surface area contributed by atoms with Crippen LogP contribution >= 0.6 is 0 Å². The average molecular weight is 290 g/mol. The molecule has 2 atom stereocenters. The van der Waals surface area contributed by atoms with E-state index in [1.807, 2.05) is 30.3 Å². The highest BCUT2D eigenvalue weighted by atomic mass is 16.3. The summed E-state index contributed by atoms with van der Waals surface area (Å²) in [6, 6.07) is 9.26. The first-order valence-electron chi connectivity index (χ1n) is 7.21. The summed E-state index contributed by atoms with van der Waals surface area (Å²) in [6.07, 6.45) is 0.679. The third kappa shape index (κ3) is 3.82. The van der Waals surface area contributed by atoms with E-state index in [2.05, 4.69) is 5.32 Å². The SMILES string of the molecule is CC(=O)N1CCC(C(=O)NCC(C)(O)c2ccccc2)C1. The van der Waals surface area contributed by atoms with Crippen LogP contribution in [0.1, 0.15) is 25.8 Å². The van der Waals surface area contributed by atoms with Gasteiger partial charge in [-0.2, -0.15) is 0 Å². The minimum atomic E-state index is -1.10. The zero-order chi connectivity index (χ0) is 15.5. The lowest BCUT2D eigenvalue weighted by Crippen LogP contribution is -2.42. The van der Waals surface area contributed by atoms with E-state index < -0.39 is 5.60 Å². The molecule has 2 amide bonds. The summed E-state index contributed by atoms with van der Waals surface area (Å²) < 4.78 is 0. The molecule has 1 aliphatic rings. The number of aliphatic hydroxyl groups is 1. The zero-order valence-corrected chi connectivity index (χ0v) is 12.5. The average Bonchev–Trinajstić information content (AvgIpc) is 2.96. The Morgan fingerprint density at radius 1 is 1.38 bits per heavy atom. The Labute approximate surface area is 125 Å². The van der Waals surface area contributed by atoms with Gasteiger partial charge in [0.15, 0.2) is 0 Å². The molecule has 2 unspecified atom stereocenters. The standard InChI is InChI=1S/C16H22N2O3/c1-12(19)18-9-8-13(10-18)15(20)17-11-16(2,21)14-6-4-3-5-7-14/h3-7,13,21H,8-11H2,1-2H3,(H,17,20). The maximum absolute atomic E-state index is 12.1. The van der Waals surface area contributed by atoms with Crippen LogP contribution in [0.4, 0.5) is 0 Å². The normalized spacial score (nSPS) is 20.9. The van der Waals surface area contributed by atoms with Gasteiger partial charge >= 0.3 is 0 Å². The highest BCUT2D eigenvalue weighted by molar-refractivity contribution is 5.81. The molecule has 0 bridgehead atoms. The summed E-state index contributed by atoms with van der Waals surface area (Å²) in [5, 5.41) is 13.2. The van der Waals surface area contributed by atoms with Crippen molar-refractivity contribution in [2.75, 3.05) is 19.6 Å². The van der Waals surface area contributed by atoms with Gasteiger partial charge in [-0.1, -0.05) is 30.3 Å². The highest BCUT2D eigenvalue weighted by Gasteiger charge is 2.31. The van der Waals surface area contributed by atoms with Crippen LogP contribution in [0, 0.1) is 5.92 Å². The number of rotatable bonds is 4. The number of likely N-dealkylation sites (tertiary alicyclic amines) is 1. The highest BCUT2D eigenvalue weighted by Crippen LogP contribution is 2.20. The van der Waals surface area contributed by atoms with Crippen LogP contribution in [0.5, 0.6) is 0 Å². The molecule has 0 radical (unpaired) electrons. The second-order valence-corrected chi connectivity index (χ2v) is 5.81. The molecule has 114 valence electrons. The lowest BCUT2D eigenvalue weighted by molar-refractivity contribution is -0.129. The predicted octanol–water partition coefficient (Wildman–Crippen LogP) is 0.879. The number of hydrogen-bond acceptors (Lipinski definition) is 3. The van der Waals surface area contributed by atoms with Crippen LogP contribution in [-0.2, 0) is 15.2 Å². The van der Waals surface area contributed by atoms with Crippen molar-refractivity contribution in [2.45, 2.75) is 25.9 Å². The van der Waals surface area contributed by atoms with Gasteiger partial charge in [0.2, 0.25) is 11.8 Å². The molecule has 0 spiro atoms. The van der Waals surface area contributed by atoms with Crippen LogP contribution in [0.2, 0.25) is 0 Å². The monoisotopic (exact) mass is 290 g/mol. The molecule has 1 saturated heterocycles. The van der Waals surface area contributed by atoms with Gasteiger partial charge in [0.05, 0.1) is 12.5 Å². The fraction of sp³-hybridized carbons (Fsp3) is 0.500. The molecule has 0 saturated carbocycles. The summed E-state index contributed by atoms with van der Waals surface area (Å²) in [5.41, 5.74) is -0.336. The van der Waals surface area contributed by atoms with E-state index in [4.69, 9.17) is 0 Å². The predicted molar refractivity (Wildman–Crippen MR) is 79.4 cm³/mol. The van der Waals surface area contributed by atoms with Gasteiger partial charge in [0, 0.05) is 20.0 Å². The number of amides is 2. The summed E-state index contributed by atoms with van der Waals surface area (Å²) >= 11 is 0. The van der Waals surface area contributed by atoms with Gasteiger partial charge < -0.3 is 15.3 Å². The zero-order valence-electron chi connectivity index (χ0n) is 12.5. The number of carbonyl (C=O) groups excluding carboxylic acids is 2. The molecule has 0 aromatic heterocycles. The third-order valence-corrected chi connectivity index (χ3v) is 4.01. The Balaban J connectivity index is 1.88. The van der Waals surface area contributed by atoms with Crippen LogP contribution in [0.15, 0.2) is 30.3 Å². The quantitative estimate of drug-likeness (QED) is 0.865. The molecule has 0 aliphatic carbocycles. The maximum Gasteiger partial charge on any atom is 0.225 e. The molecule has 5 nitrogen and oxygen atoms in total. The molecule has 1 heterocycles. The molecule has 5 heteroatoms. The molecule has 2 rings (SSSR count). The summed E-state index contributed by atoms with van der Waals surface area (Å²) in [4.78, 5) is 25.1. The lowest BCUT2D eigenvalue weighted by Gasteiger charge is -2.25. The van der Waals surface area contributed by atoms with E-state index in [1.54, 1.807) is 11.8 Å². The van der Waals surface area contributed by atoms with E-state index in [-0.39, 0.29) is 24.3 Å². The molecule has 1 fully saturated rings. The Morgan fingerprint density at radius 3 is 2.62 bits per heavy atom. The second-order valence-electron chi connectivity index (χ2n) is 5.81. The fourth-order valence-corrected chi connectivity index (χ4v) is 2.56. The molecular formula is C16H22N2O3. The molecule has 1 aromatic carbocycles. The molecule has 1 aromatic rings. The van der Waals surface area contributed by atoms with Gasteiger partial charge in [-0.15, -0.1) is 0 Å². The number of nitrogens with zero attached hydrogens (tertiary/aromatic N) is 1. The Hall–Kier alpha value is -1.88. The topological polar surface area (TPSA) is 69.6 Å². The minimum Gasteiger partial charge on any atom is -0.384 e. The fourth-order valence-electron chi connectivity index (χ4n) is 2.56. The van der Waals surface area contributed by atoms with Gasteiger partial charge in [0.1, 0.15) is 5.60 Å². The van der Waals surface area contributed by atoms with Gasteiger partial charge in [-0.05, 0) is 18.9 Å². The molecule has 1 aliphatic heterocycles. The first-order valence-corrected chi connectivity index (χ1v) is 7.21. The lowest BCUT2D eigenvalue weighted by atomic mass is 9.96. The summed E-state index contributed by atoms with van der Waals surface area (Å²) in [5.74, 6) is -0.281. The molecular weight excluding hydrogens is 268 g/mol. The summed E-state index contributed by atoms with van der Waals surface area (Å²) in [7, 11) is 0. The minimum absolute atomic E-state index is 0.00146. The number of benzene rings is 1. The second kappa shape index (κ2) is 6.26. The Morgan fingerprint density at radius 2 is 2.05 bits per heavy atom. The van der Waals surface area contributed by atoms with Gasteiger partial charge in [-0.3, -0.25) is 9.59 Å². The van der Waals surface area contributed by atoms with E-state index in [9.17, 15) is 14.7 Å². The van der Waals surface area contributed by atoms with Crippen LogP contribution in [0.25, 0.3) is 0 Å². The first-order chi connectivity index (χ1) is 9.90. The van der Waals surface area contributed by atoms with Crippen molar-refractivity contribution in [3.8, 4) is 0 Å². The Kier molecular flexibility index (Phi) is 4.63. The Bertz CT molecular complexity index is 514. The van der Waals surface area contributed by atoms with Crippen molar-refractivity contribution < 1.29 is 14.7 Å². The van der Waals surface area contributed by atoms with Crippen molar-refractivity contribution in [3.05, 3.63) is 35.9 Å². The molecule has 21 heavy (non-hydrogen) atoms. The number of nitrogens with one attached hydrogen (secondary N) is 1. The first kappa shape index (κ1) is 15.5. The van der Waals surface area contributed by atoms with Gasteiger partial charge in [0.25, 0.3) is 0 Å². The van der Waals surface area contributed by atoms with E-state index in [0.29, 0.717) is 19.5 Å². The van der Waals surface area contributed by atoms with Gasteiger partial charge in [-0.25, -0.2) is 0 Å². The van der Waals surface area contributed by atoms with Crippen LogP contribution in [-0.4, -0.2) is 41.5 Å². The van der Waals surface area contributed by atoms with E-state index >= 15 is 0 Å². The largest absolute Gasteiger partial charge is 0.384 e. The summed E-state index contributed by atoms with van der Waals surface area (Å²) in [6.45, 7) is 4.45. The van der Waals surface area contributed by atoms with Crippen molar-refractivity contribution in [2.24, 2.45) is 5.92 Å². The smallest absolute Gasteiger partial charge is 0.225 e. The number of carbonyl (C=O) groups is 2. The maximum atomic E-state index is 12.1. The van der Waals surface area contributed by atoms with Crippen LogP contribution < -0.4 is 5.32 Å². The van der Waals surface area contributed by atoms with E-state index in [1.165, 1.54) is 6.92 Å². The van der Waals surface area contributed by atoms with Crippen LogP contribution in [0.3, 0.4) is 0 Å². The van der Waals surface area contributed by atoms with Crippen molar-refractivity contribution >= 4 is 11.8 Å². The number of hydrogen-bond donors (Lipinski definition) is 2. The van der Waals surface area contributed by atoms with Crippen molar-refractivity contribution in [1.29, 1.82) is 0 Å². The third-order valence-electron chi connectivity index (χ3n) is 4.01.